The minimum absolute atomic E-state index is 0.285. The average molecular weight is 182 g/mol. The first-order chi connectivity index (χ1) is 6.00. The minimum Gasteiger partial charge on any atom is -0.351 e. The van der Waals surface area contributed by atoms with Crippen molar-refractivity contribution in [1.29, 1.82) is 0 Å². The van der Waals surface area contributed by atoms with Crippen molar-refractivity contribution < 1.29 is 9.18 Å². The lowest BCUT2D eigenvalue weighted by Gasteiger charge is -2.07. The van der Waals surface area contributed by atoms with Gasteiger partial charge in [0.05, 0.1) is 0 Å². The van der Waals surface area contributed by atoms with E-state index >= 15 is 0 Å². The number of halogens is 1. The highest BCUT2D eigenvalue weighted by atomic mass is 19.1. The van der Waals surface area contributed by atoms with Gasteiger partial charge >= 0.3 is 6.03 Å². The SMILES string of the molecule is Cc1cc(NC(N)=O)c(C)cc1F. The number of hydrogen-bond donors (Lipinski definition) is 2. The monoisotopic (exact) mass is 182 g/mol. The van der Waals surface area contributed by atoms with Crippen LogP contribution in [0.1, 0.15) is 11.1 Å². The lowest BCUT2D eigenvalue weighted by atomic mass is 10.1. The Hall–Kier alpha value is -1.58. The number of anilines is 1. The third-order valence-electron chi connectivity index (χ3n) is 1.76. The summed E-state index contributed by atoms with van der Waals surface area (Å²) in [5.74, 6) is -0.285. The molecule has 1 aromatic rings. The van der Waals surface area contributed by atoms with Crippen molar-refractivity contribution in [3.8, 4) is 0 Å². The van der Waals surface area contributed by atoms with Gasteiger partial charge in [-0.2, -0.15) is 0 Å². The number of urea groups is 1. The van der Waals surface area contributed by atoms with E-state index in [0.717, 1.165) is 0 Å². The number of rotatable bonds is 1. The number of benzene rings is 1. The molecular weight excluding hydrogens is 171 g/mol. The van der Waals surface area contributed by atoms with Crippen LogP contribution in [0.15, 0.2) is 12.1 Å². The first kappa shape index (κ1) is 9.51. The average Bonchev–Trinajstić information content (AvgIpc) is 1.99. The highest BCUT2D eigenvalue weighted by Crippen LogP contribution is 2.18. The number of hydrogen-bond acceptors (Lipinski definition) is 1. The molecule has 0 saturated heterocycles. The number of aryl methyl sites for hydroxylation is 2. The molecule has 0 unspecified atom stereocenters. The molecule has 1 rings (SSSR count). The van der Waals surface area contributed by atoms with E-state index in [1.165, 1.54) is 6.07 Å². The van der Waals surface area contributed by atoms with Gasteiger partial charge in [0.15, 0.2) is 0 Å². The predicted octanol–water partition coefficient (Wildman–Crippen LogP) is 1.93. The van der Waals surface area contributed by atoms with Crippen molar-refractivity contribution >= 4 is 11.7 Å². The quantitative estimate of drug-likeness (QED) is 0.685. The van der Waals surface area contributed by atoms with Crippen LogP contribution in [0.5, 0.6) is 0 Å². The second-order valence-electron chi connectivity index (χ2n) is 2.91. The molecule has 0 bridgehead atoms. The van der Waals surface area contributed by atoms with Crippen molar-refractivity contribution in [3.63, 3.8) is 0 Å². The Bertz CT molecular complexity index is 350. The molecule has 70 valence electrons. The molecule has 0 spiro atoms. The highest BCUT2D eigenvalue weighted by Gasteiger charge is 2.04. The first-order valence-corrected chi connectivity index (χ1v) is 3.84. The van der Waals surface area contributed by atoms with Gasteiger partial charge in [0, 0.05) is 5.69 Å². The Kier molecular flexibility index (Phi) is 2.51. The van der Waals surface area contributed by atoms with Crippen LogP contribution in [0.2, 0.25) is 0 Å². The number of nitrogens with two attached hydrogens (primary N) is 1. The minimum atomic E-state index is -0.644. The Morgan fingerprint density at radius 2 is 2.00 bits per heavy atom. The third-order valence-corrected chi connectivity index (χ3v) is 1.76. The van der Waals surface area contributed by atoms with Crippen molar-refractivity contribution in [3.05, 3.63) is 29.1 Å². The van der Waals surface area contributed by atoms with Crippen molar-refractivity contribution in [2.24, 2.45) is 5.73 Å². The van der Waals surface area contributed by atoms with Crippen LogP contribution >= 0.6 is 0 Å². The Morgan fingerprint density at radius 3 is 2.54 bits per heavy atom. The van der Waals surface area contributed by atoms with E-state index < -0.39 is 6.03 Å². The summed E-state index contributed by atoms with van der Waals surface area (Å²) in [5.41, 5.74) is 6.62. The van der Waals surface area contributed by atoms with Crippen LogP contribution in [-0.4, -0.2) is 6.03 Å². The van der Waals surface area contributed by atoms with Crippen LogP contribution in [0.25, 0.3) is 0 Å². The zero-order valence-electron chi connectivity index (χ0n) is 7.52. The molecule has 0 fully saturated rings. The summed E-state index contributed by atoms with van der Waals surface area (Å²) in [6.07, 6.45) is 0. The zero-order chi connectivity index (χ0) is 10.0. The van der Waals surface area contributed by atoms with E-state index in [1.807, 2.05) is 0 Å². The molecule has 0 aliphatic heterocycles. The van der Waals surface area contributed by atoms with E-state index in [-0.39, 0.29) is 5.82 Å². The van der Waals surface area contributed by atoms with Gasteiger partial charge in [0.1, 0.15) is 5.82 Å². The molecule has 0 saturated carbocycles. The molecule has 0 radical (unpaired) electrons. The van der Waals surface area contributed by atoms with Crippen LogP contribution in [0.4, 0.5) is 14.9 Å². The topological polar surface area (TPSA) is 55.1 Å². The lowest BCUT2D eigenvalue weighted by molar-refractivity contribution is 0.259. The number of carbonyl (C=O) groups is 1. The fourth-order valence-electron chi connectivity index (χ4n) is 1.05. The molecule has 1 aromatic carbocycles. The van der Waals surface area contributed by atoms with Gasteiger partial charge in [-0.15, -0.1) is 0 Å². The number of primary amides is 1. The normalized spacial score (nSPS) is 9.77. The smallest absolute Gasteiger partial charge is 0.316 e. The van der Waals surface area contributed by atoms with Gasteiger partial charge < -0.3 is 11.1 Å². The maximum absolute atomic E-state index is 13.0. The van der Waals surface area contributed by atoms with E-state index in [1.54, 1.807) is 19.9 Å². The number of nitrogens with one attached hydrogen (secondary N) is 1. The third kappa shape index (κ3) is 2.18. The summed E-state index contributed by atoms with van der Waals surface area (Å²) in [4.78, 5) is 10.5. The molecule has 0 heterocycles. The summed E-state index contributed by atoms with van der Waals surface area (Å²) in [6, 6.07) is 2.27. The molecule has 0 atom stereocenters. The number of carbonyl (C=O) groups excluding carboxylic acids is 1. The standard InChI is InChI=1S/C9H11FN2O/c1-5-4-8(12-9(11)13)6(2)3-7(5)10/h3-4H,1-2H3,(H3,11,12,13). The van der Waals surface area contributed by atoms with Gasteiger partial charge in [0.25, 0.3) is 0 Å². The van der Waals surface area contributed by atoms with Crippen molar-refractivity contribution in [2.45, 2.75) is 13.8 Å². The van der Waals surface area contributed by atoms with Crippen LogP contribution in [-0.2, 0) is 0 Å². The Balaban J connectivity index is 3.08. The van der Waals surface area contributed by atoms with Crippen LogP contribution in [0, 0.1) is 19.7 Å². The second-order valence-corrected chi connectivity index (χ2v) is 2.91. The summed E-state index contributed by atoms with van der Waals surface area (Å²) in [7, 11) is 0. The Morgan fingerprint density at radius 1 is 1.38 bits per heavy atom. The fraction of sp³-hybridized carbons (Fsp3) is 0.222. The van der Waals surface area contributed by atoms with Gasteiger partial charge in [0.2, 0.25) is 0 Å². The summed E-state index contributed by atoms with van der Waals surface area (Å²) in [5, 5.41) is 2.41. The molecule has 2 amide bonds. The van der Waals surface area contributed by atoms with Gasteiger partial charge in [-0.25, -0.2) is 9.18 Å². The van der Waals surface area contributed by atoms with Crippen LogP contribution in [0.3, 0.4) is 0 Å². The first-order valence-electron chi connectivity index (χ1n) is 3.84. The molecule has 4 heteroatoms. The fourth-order valence-corrected chi connectivity index (χ4v) is 1.05. The molecular formula is C9H11FN2O. The second kappa shape index (κ2) is 3.43. The van der Waals surface area contributed by atoms with Gasteiger partial charge in [-0.1, -0.05) is 0 Å². The summed E-state index contributed by atoms with van der Waals surface area (Å²) >= 11 is 0. The summed E-state index contributed by atoms with van der Waals surface area (Å²) in [6.45, 7) is 3.33. The largest absolute Gasteiger partial charge is 0.351 e. The van der Waals surface area contributed by atoms with E-state index in [2.05, 4.69) is 5.32 Å². The number of amides is 2. The summed E-state index contributed by atoms with van der Waals surface area (Å²) < 4.78 is 13.0. The van der Waals surface area contributed by atoms with Gasteiger partial charge in [-0.05, 0) is 37.1 Å². The highest BCUT2D eigenvalue weighted by molar-refractivity contribution is 5.88. The molecule has 3 nitrogen and oxygen atoms in total. The maximum Gasteiger partial charge on any atom is 0.316 e. The van der Waals surface area contributed by atoms with E-state index in [4.69, 9.17) is 5.73 Å². The predicted molar refractivity (Wildman–Crippen MR) is 49.1 cm³/mol. The van der Waals surface area contributed by atoms with E-state index in [0.29, 0.717) is 16.8 Å². The molecule has 13 heavy (non-hydrogen) atoms. The van der Waals surface area contributed by atoms with Gasteiger partial charge in [-0.3, -0.25) is 0 Å². The Labute approximate surface area is 75.7 Å². The molecule has 0 aliphatic carbocycles. The maximum atomic E-state index is 13.0. The van der Waals surface area contributed by atoms with Crippen LogP contribution < -0.4 is 11.1 Å². The molecule has 3 N–H and O–H groups in total. The molecule has 0 aromatic heterocycles. The molecule has 0 aliphatic rings. The van der Waals surface area contributed by atoms with Crippen molar-refractivity contribution in [2.75, 3.05) is 5.32 Å². The zero-order valence-corrected chi connectivity index (χ0v) is 7.52. The van der Waals surface area contributed by atoms with Crippen molar-refractivity contribution in [1.82, 2.24) is 0 Å². The lowest BCUT2D eigenvalue weighted by Crippen LogP contribution is -2.20. The van der Waals surface area contributed by atoms with E-state index in [9.17, 15) is 9.18 Å².